The number of hydrogen-bond donors (Lipinski definition) is 0. The third-order valence-electron chi connectivity index (χ3n) is 5.74. The number of likely N-dealkylation sites (tertiary alicyclic amines) is 1. The van der Waals surface area contributed by atoms with Crippen LogP contribution in [-0.2, 0) is 14.8 Å². The molecule has 3 aliphatic heterocycles. The molecule has 4 rings (SSSR count). The molecule has 3 aliphatic rings. The fourth-order valence-electron chi connectivity index (χ4n) is 4.32. The number of rotatable bonds is 4. The van der Waals surface area contributed by atoms with Gasteiger partial charge >= 0.3 is 0 Å². The van der Waals surface area contributed by atoms with Crippen molar-refractivity contribution in [3.63, 3.8) is 0 Å². The molecule has 0 radical (unpaired) electrons. The largest absolute Gasteiger partial charge is 0.481 e. The average Bonchev–Trinajstić information content (AvgIpc) is 3.22. The van der Waals surface area contributed by atoms with Crippen molar-refractivity contribution in [3.05, 3.63) is 18.3 Å². The van der Waals surface area contributed by atoms with Gasteiger partial charge in [0.1, 0.15) is 4.90 Å². The maximum Gasteiger partial charge on any atom is 0.244 e. The maximum absolute atomic E-state index is 12.9. The van der Waals surface area contributed by atoms with Crippen LogP contribution >= 0.6 is 0 Å². The summed E-state index contributed by atoms with van der Waals surface area (Å²) in [5, 5.41) is 0. The lowest BCUT2D eigenvalue weighted by Crippen LogP contribution is -2.40. The Kier molecular flexibility index (Phi) is 4.70. The Morgan fingerprint density at radius 2 is 1.80 bits per heavy atom. The van der Waals surface area contributed by atoms with Crippen LogP contribution < -0.4 is 4.74 Å². The van der Waals surface area contributed by atoms with Crippen molar-refractivity contribution in [2.45, 2.75) is 23.8 Å². The smallest absolute Gasteiger partial charge is 0.244 e. The minimum absolute atomic E-state index is 0.245. The Balaban J connectivity index is 1.41. The summed E-state index contributed by atoms with van der Waals surface area (Å²) in [7, 11) is -1.96. The molecule has 4 heterocycles. The van der Waals surface area contributed by atoms with E-state index in [1.807, 2.05) is 0 Å². The van der Waals surface area contributed by atoms with Crippen molar-refractivity contribution in [1.82, 2.24) is 14.2 Å². The lowest BCUT2D eigenvalue weighted by Gasteiger charge is -2.32. The molecule has 7 nitrogen and oxygen atoms in total. The number of nitrogens with zero attached hydrogens (tertiary/aromatic N) is 3. The van der Waals surface area contributed by atoms with Crippen molar-refractivity contribution >= 4 is 10.0 Å². The molecule has 3 fully saturated rings. The Morgan fingerprint density at radius 3 is 2.36 bits per heavy atom. The van der Waals surface area contributed by atoms with E-state index in [1.165, 1.54) is 13.3 Å². The second-order valence-corrected chi connectivity index (χ2v) is 9.11. The fourth-order valence-corrected chi connectivity index (χ4v) is 5.82. The van der Waals surface area contributed by atoms with Gasteiger partial charge in [-0.2, -0.15) is 4.31 Å². The maximum atomic E-state index is 12.9. The monoisotopic (exact) mass is 367 g/mol. The van der Waals surface area contributed by atoms with E-state index in [2.05, 4.69) is 9.88 Å². The van der Waals surface area contributed by atoms with Crippen LogP contribution in [-0.4, -0.2) is 75.2 Å². The van der Waals surface area contributed by atoms with Crippen LogP contribution in [0, 0.1) is 11.8 Å². The second kappa shape index (κ2) is 6.83. The SMILES string of the molecule is COc1ccc(S(=O)(=O)N2C[C@H]3CN(C4CCOCC4)C[C@H]3C2)cn1. The first-order valence-corrected chi connectivity index (χ1v) is 10.3. The van der Waals surface area contributed by atoms with Crippen molar-refractivity contribution < 1.29 is 17.9 Å². The number of ether oxygens (including phenoxy) is 2. The Bertz CT molecular complexity index is 689. The number of fused-ring (bicyclic) bond motifs is 1. The van der Waals surface area contributed by atoms with Gasteiger partial charge in [0, 0.05) is 51.5 Å². The molecule has 3 saturated heterocycles. The van der Waals surface area contributed by atoms with Crippen LogP contribution in [0.4, 0.5) is 0 Å². The van der Waals surface area contributed by atoms with E-state index in [9.17, 15) is 8.42 Å². The summed E-state index contributed by atoms with van der Waals surface area (Å²) in [5.74, 6) is 1.29. The standard InChI is InChI=1S/C17H25N3O4S/c1-23-17-3-2-16(8-18-17)25(21,22)20-11-13-9-19(10-14(13)12-20)15-4-6-24-7-5-15/h2-3,8,13-15H,4-7,9-12H2,1H3/t13-,14+. The van der Waals surface area contributed by atoms with E-state index in [1.54, 1.807) is 16.4 Å². The highest BCUT2D eigenvalue weighted by Crippen LogP contribution is 2.36. The van der Waals surface area contributed by atoms with Crippen molar-refractivity contribution in [3.8, 4) is 5.88 Å². The first kappa shape index (κ1) is 17.2. The molecule has 2 atom stereocenters. The van der Waals surface area contributed by atoms with E-state index in [0.717, 1.165) is 39.1 Å². The summed E-state index contributed by atoms with van der Waals surface area (Å²) in [6, 6.07) is 3.77. The molecule has 0 spiro atoms. The molecule has 8 heteroatoms. The first-order valence-electron chi connectivity index (χ1n) is 8.90. The van der Waals surface area contributed by atoms with Gasteiger partial charge in [-0.25, -0.2) is 13.4 Å². The van der Waals surface area contributed by atoms with Crippen molar-refractivity contribution in [2.24, 2.45) is 11.8 Å². The van der Waals surface area contributed by atoms with Gasteiger partial charge in [0.05, 0.1) is 13.3 Å². The summed E-state index contributed by atoms with van der Waals surface area (Å²) in [6.45, 7) is 4.92. The van der Waals surface area contributed by atoms with Crippen LogP contribution in [0.15, 0.2) is 23.2 Å². The molecule has 0 aromatic carbocycles. The van der Waals surface area contributed by atoms with Crippen LogP contribution in [0.3, 0.4) is 0 Å². The number of hydrogen-bond acceptors (Lipinski definition) is 6. The van der Waals surface area contributed by atoms with E-state index in [4.69, 9.17) is 9.47 Å². The molecule has 0 N–H and O–H groups in total. The highest BCUT2D eigenvalue weighted by molar-refractivity contribution is 7.89. The molecule has 0 bridgehead atoms. The van der Waals surface area contributed by atoms with Crippen LogP contribution in [0.2, 0.25) is 0 Å². The second-order valence-electron chi connectivity index (χ2n) is 7.18. The predicted molar refractivity (Wildman–Crippen MR) is 91.9 cm³/mol. The highest BCUT2D eigenvalue weighted by Gasteiger charge is 2.45. The third-order valence-corrected chi connectivity index (χ3v) is 7.56. The van der Waals surface area contributed by atoms with Crippen LogP contribution in [0.5, 0.6) is 5.88 Å². The summed E-state index contributed by atoms with van der Waals surface area (Å²) in [4.78, 5) is 6.83. The Hall–Kier alpha value is -1.22. The predicted octanol–water partition coefficient (Wildman–Crippen LogP) is 0.821. The number of sulfonamides is 1. The molecule has 138 valence electrons. The zero-order valence-electron chi connectivity index (χ0n) is 14.5. The Morgan fingerprint density at radius 1 is 1.12 bits per heavy atom. The topological polar surface area (TPSA) is 72.0 Å². The molecule has 0 amide bonds. The number of aromatic nitrogens is 1. The van der Waals surface area contributed by atoms with Gasteiger partial charge in [-0.05, 0) is 30.7 Å². The molecular weight excluding hydrogens is 342 g/mol. The molecule has 1 aromatic rings. The molecule has 0 unspecified atom stereocenters. The average molecular weight is 367 g/mol. The lowest BCUT2D eigenvalue weighted by molar-refractivity contribution is 0.0393. The first-order chi connectivity index (χ1) is 12.1. The van der Waals surface area contributed by atoms with Crippen molar-refractivity contribution in [2.75, 3.05) is 46.5 Å². The molecular formula is C17H25N3O4S. The summed E-state index contributed by atoms with van der Waals surface area (Å²) in [6.07, 6.45) is 3.58. The summed E-state index contributed by atoms with van der Waals surface area (Å²) >= 11 is 0. The zero-order chi connectivity index (χ0) is 17.4. The van der Waals surface area contributed by atoms with E-state index in [-0.39, 0.29) is 4.90 Å². The van der Waals surface area contributed by atoms with Gasteiger partial charge in [0.25, 0.3) is 0 Å². The van der Waals surface area contributed by atoms with E-state index in [0.29, 0.717) is 36.8 Å². The van der Waals surface area contributed by atoms with Gasteiger partial charge in [-0.3, -0.25) is 4.90 Å². The van der Waals surface area contributed by atoms with Crippen molar-refractivity contribution in [1.29, 1.82) is 0 Å². The van der Waals surface area contributed by atoms with Crippen LogP contribution in [0.25, 0.3) is 0 Å². The van der Waals surface area contributed by atoms with E-state index >= 15 is 0 Å². The highest BCUT2D eigenvalue weighted by atomic mass is 32.2. The minimum atomic E-state index is -3.47. The quantitative estimate of drug-likeness (QED) is 0.785. The normalized spacial score (nSPS) is 29.0. The van der Waals surface area contributed by atoms with Gasteiger partial charge in [0.15, 0.2) is 0 Å². The Labute approximate surface area is 149 Å². The molecule has 25 heavy (non-hydrogen) atoms. The van der Waals surface area contributed by atoms with Gasteiger partial charge in [0.2, 0.25) is 15.9 Å². The van der Waals surface area contributed by atoms with Crippen LogP contribution in [0.1, 0.15) is 12.8 Å². The summed E-state index contributed by atoms with van der Waals surface area (Å²) in [5.41, 5.74) is 0. The van der Waals surface area contributed by atoms with E-state index < -0.39 is 10.0 Å². The number of methoxy groups -OCH3 is 1. The fraction of sp³-hybridized carbons (Fsp3) is 0.706. The van der Waals surface area contributed by atoms with Gasteiger partial charge < -0.3 is 9.47 Å². The number of pyridine rings is 1. The zero-order valence-corrected chi connectivity index (χ0v) is 15.3. The molecule has 1 aromatic heterocycles. The lowest BCUT2D eigenvalue weighted by atomic mass is 10.0. The molecule has 0 saturated carbocycles. The van der Waals surface area contributed by atoms with Gasteiger partial charge in [-0.15, -0.1) is 0 Å². The molecule has 0 aliphatic carbocycles. The third kappa shape index (κ3) is 3.28. The minimum Gasteiger partial charge on any atom is -0.481 e. The van der Waals surface area contributed by atoms with Gasteiger partial charge in [-0.1, -0.05) is 0 Å². The summed E-state index contributed by atoms with van der Waals surface area (Å²) < 4.78 is 37.8.